The van der Waals surface area contributed by atoms with Gasteiger partial charge in [-0.2, -0.15) is 0 Å². The number of anilines is 1. The number of fused-ring (bicyclic) bond motifs is 2. The molecule has 0 fully saturated rings. The average molecular weight is 307 g/mol. The third-order valence-electron chi connectivity index (χ3n) is 3.71. The van der Waals surface area contributed by atoms with E-state index in [1.165, 1.54) is 12.4 Å². The number of aromatic nitrogens is 4. The van der Waals surface area contributed by atoms with E-state index in [1.54, 1.807) is 6.07 Å². The minimum absolute atomic E-state index is 0.328. The number of para-hydroxylation sites is 3. The second-order valence-electron chi connectivity index (χ2n) is 5.24. The predicted octanol–water partition coefficient (Wildman–Crippen LogP) is 3.30. The Bertz CT molecular complexity index is 946. The van der Waals surface area contributed by atoms with Crippen LogP contribution in [-0.4, -0.2) is 26.5 Å². The Morgan fingerprint density at radius 1 is 1.04 bits per heavy atom. The third kappa shape index (κ3) is 2.59. The molecule has 0 radical (unpaired) electrons. The minimum atomic E-state index is -0.342. The van der Waals surface area contributed by atoms with Gasteiger partial charge in [-0.15, -0.1) is 0 Å². The molecule has 0 unspecified atom stereocenters. The van der Waals surface area contributed by atoms with Gasteiger partial charge in [-0.05, 0) is 24.3 Å². The van der Waals surface area contributed by atoms with Crippen LogP contribution in [0.5, 0.6) is 0 Å². The number of aromatic amines is 1. The molecule has 2 N–H and O–H groups in total. The lowest BCUT2D eigenvalue weighted by Crippen LogP contribution is -2.08. The van der Waals surface area contributed by atoms with Gasteiger partial charge in [-0.3, -0.25) is 0 Å². The molecular formula is C17H14FN5. The highest BCUT2D eigenvalue weighted by molar-refractivity contribution is 5.89. The molecule has 5 nitrogen and oxygen atoms in total. The SMILES string of the molecule is Fc1cccc2c(NCCc3nc4ccccc4[nH]3)ncnc12. The van der Waals surface area contributed by atoms with Crippen molar-refractivity contribution in [2.75, 3.05) is 11.9 Å². The first-order valence-electron chi connectivity index (χ1n) is 7.38. The Labute approximate surface area is 131 Å². The molecule has 0 atom stereocenters. The van der Waals surface area contributed by atoms with Crippen LogP contribution in [0, 0.1) is 5.82 Å². The van der Waals surface area contributed by atoms with Crippen molar-refractivity contribution in [3.05, 3.63) is 60.4 Å². The van der Waals surface area contributed by atoms with Crippen LogP contribution in [-0.2, 0) is 6.42 Å². The fraction of sp³-hybridized carbons (Fsp3) is 0.118. The summed E-state index contributed by atoms with van der Waals surface area (Å²) in [5, 5.41) is 3.91. The van der Waals surface area contributed by atoms with Crippen LogP contribution in [0.2, 0.25) is 0 Å². The topological polar surface area (TPSA) is 66.5 Å². The molecule has 0 aliphatic carbocycles. The Hall–Kier alpha value is -3.02. The van der Waals surface area contributed by atoms with Crippen molar-refractivity contribution in [3.8, 4) is 0 Å². The number of halogens is 1. The largest absolute Gasteiger partial charge is 0.369 e. The normalized spacial score (nSPS) is 11.2. The van der Waals surface area contributed by atoms with E-state index in [1.807, 2.05) is 30.3 Å². The van der Waals surface area contributed by atoms with Crippen LogP contribution in [0.4, 0.5) is 10.2 Å². The van der Waals surface area contributed by atoms with E-state index < -0.39 is 0 Å². The standard InChI is InChI=1S/C17H14FN5/c18-12-5-3-4-11-16(12)20-10-21-17(11)19-9-8-15-22-13-6-1-2-7-14(13)23-15/h1-7,10H,8-9H2,(H,22,23)(H,19,20,21). The van der Waals surface area contributed by atoms with Gasteiger partial charge < -0.3 is 10.3 Å². The van der Waals surface area contributed by atoms with Crippen molar-refractivity contribution in [1.29, 1.82) is 0 Å². The van der Waals surface area contributed by atoms with Gasteiger partial charge in [-0.25, -0.2) is 19.3 Å². The maximum absolute atomic E-state index is 13.7. The van der Waals surface area contributed by atoms with E-state index in [-0.39, 0.29) is 5.82 Å². The average Bonchev–Trinajstić information content (AvgIpc) is 2.98. The number of imidazole rings is 1. The van der Waals surface area contributed by atoms with E-state index in [0.717, 1.165) is 23.3 Å². The zero-order chi connectivity index (χ0) is 15.6. The van der Waals surface area contributed by atoms with Gasteiger partial charge in [0, 0.05) is 18.4 Å². The van der Waals surface area contributed by atoms with E-state index in [2.05, 4.69) is 25.3 Å². The van der Waals surface area contributed by atoms with E-state index in [9.17, 15) is 4.39 Å². The monoisotopic (exact) mass is 307 g/mol. The van der Waals surface area contributed by atoms with E-state index in [4.69, 9.17) is 0 Å². The zero-order valence-corrected chi connectivity index (χ0v) is 12.3. The number of hydrogen-bond donors (Lipinski definition) is 2. The van der Waals surface area contributed by atoms with Crippen LogP contribution in [0.25, 0.3) is 21.9 Å². The second kappa shape index (κ2) is 5.64. The summed E-state index contributed by atoms with van der Waals surface area (Å²) in [5.41, 5.74) is 2.31. The lowest BCUT2D eigenvalue weighted by molar-refractivity contribution is 0.636. The maximum atomic E-state index is 13.7. The summed E-state index contributed by atoms with van der Waals surface area (Å²) in [6.07, 6.45) is 2.09. The van der Waals surface area contributed by atoms with E-state index in [0.29, 0.717) is 23.3 Å². The smallest absolute Gasteiger partial charge is 0.149 e. The van der Waals surface area contributed by atoms with Crippen molar-refractivity contribution in [2.24, 2.45) is 0 Å². The van der Waals surface area contributed by atoms with Gasteiger partial charge in [0.1, 0.15) is 29.3 Å². The summed E-state index contributed by atoms with van der Waals surface area (Å²) in [4.78, 5) is 16.0. The third-order valence-corrected chi connectivity index (χ3v) is 3.71. The Morgan fingerprint density at radius 2 is 1.96 bits per heavy atom. The molecule has 0 saturated carbocycles. The van der Waals surface area contributed by atoms with E-state index >= 15 is 0 Å². The summed E-state index contributed by atoms with van der Waals surface area (Å²) in [7, 11) is 0. The minimum Gasteiger partial charge on any atom is -0.369 e. The molecule has 0 amide bonds. The summed E-state index contributed by atoms with van der Waals surface area (Å²) < 4.78 is 13.7. The van der Waals surface area contributed by atoms with Gasteiger partial charge in [-0.1, -0.05) is 18.2 Å². The first-order chi connectivity index (χ1) is 11.3. The van der Waals surface area contributed by atoms with Crippen LogP contribution >= 0.6 is 0 Å². The lowest BCUT2D eigenvalue weighted by atomic mass is 10.2. The number of benzene rings is 2. The van der Waals surface area contributed by atoms with Crippen LogP contribution < -0.4 is 5.32 Å². The quantitative estimate of drug-likeness (QED) is 0.607. The van der Waals surface area contributed by atoms with Crippen molar-refractivity contribution >= 4 is 27.8 Å². The number of rotatable bonds is 4. The van der Waals surface area contributed by atoms with Gasteiger partial charge in [0.15, 0.2) is 0 Å². The second-order valence-corrected chi connectivity index (χ2v) is 5.24. The summed E-state index contributed by atoms with van der Waals surface area (Å²) in [6, 6.07) is 12.8. The zero-order valence-electron chi connectivity index (χ0n) is 12.3. The van der Waals surface area contributed by atoms with Gasteiger partial charge in [0.2, 0.25) is 0 Å². The Morgan fingerprint density at radius 3 is 2.87 bits per heavy atom. The highest BCUT2D eigenvalue weighted by Crippen LogP contribution is 2.21. The van der Waals surface area contributed by atoms with Crippen LogP contribution in [0.15, 0.2) is 48.8 Å². The molecular weight excluding hydrogens is 293 g/mol. The maximum Gasteiger partial charge on any atom is 0.149 e. The van der Waals surface area contributed by atoms with Crippen molar-refractivity contribution in [2.45, 2.75) is 6.42 Å². The number of nitrogens with one attached hydrogen (secondary N) is 2. The molecule has 2 aromatic heterocycles. The number of H-pyrrole nitrogens is 1. The Balaban J connectivity index is 1.52. The number of hydrogen-bond acceptors (Lipinski definition) is 4. The molecule has 23 heavy (non-hydrogen) atoms. The molecule has 2 aromatic carbocycles. The molecule has 114 valence electrons. The van der Waals surface area contributed by atoms with Crippen LogP contribution in [0.1, 0.15) is 5.82 Å². The molecule has 0 spiro atoms. The van der Waals surface area contributed by atoms with Gasteiger partial charge in [0.05, 0.1) is 11.0 Å². The van der Waals surface area contributed by atoms with Crippen molar-refractivity contribution < 1.29 is 4.39 Å². The Kier molecular flexibility index (Phi) is 3.34. The first kappa shape index (κ1) is 13.6. The van der Waals surface area contributed by atoms with Crippen LogP contribution in [0.3, 0.4) is 0 Å². The van der Waals surface area contributed by atoms with Gasteiger partial charge >= 0.3 is 0 Å². The lowest BCUT2D eigenvalue weighted by Gasteiger charge is -2.07. The molecule has 6 heteroatoms. The molecule has 0 aliphatic rings. The number of nitrogens with zero attached hydrogens (tertiary/aromatic N) is 3. The summed E-state index contributed by atoms with van der Waals surface area (Å²) in [5.74, 6) is 1.19. The fourth-order valence-electron chi connectivity index (χ4n) is 2.62. The highest BCUT2D eigenvalue weighted by Gasteiger charge is 2.07. The fourth-order valence-corrected chi connectivity index (χ4v) is 2.62. The molecule has 4 aromatic rings. The molecule has 0 bridgehead atoms. The van der Waals surface area contributed by atoms with Gasteiger partial charge in [0.25, 0.3) is 0 Å². The molecule has 0 aliphatic heterocycles. The molecule has 2 heterocycles. The van der Waals surface area contributed by atoms with Crippen molar-refractivity contribution in [1.82, 2.24) is 19.9 Å². The first-order valence-corrected chi connectivity index (χ1v) is 7.38. The molecule has 4 rings (SSSR count). The highest BCUT2D eigenvalue weighted by atomic mass is 19.1. The van der Waals surface area contributed by atoms with Crippen molar-refractivity contribution in [3.63, 3.8) is 0 Å². The molecule has 0 saturated heterocycles. The summed E-state index contributed by atoms with van der Waals surface area (Å²) in [6.45, 7) is 0.641. The predicted molar refractivity (Wildman–Crippen MR) is 87.8 cm³/mol. The summed E-state index contributed by atoms with van der Waals surface area (Å²) >= 11 is 0.